The summed E-state index contributed by atoms with van der Waals surface area (Å²) in [4.78, 5) is 9.65. The molecule has 0 heterocycles. The van der Waals surface area contributed by atoms with Crippen molar-refractivity contribution in [2.45, 2.75) is 11.5 Å². The van der Waals surface area contributed by atoms with Gasteiger partial charge in [-0.1, -0.05) is 0 Å². The third kappa shape index (κ3) is 4.73. The lowest BCUT2D eigenvalue weighted by atomic mass is 10.3. The van der Waals surface area contributed by atoms with Crippen LogP contribution >= 0.6 is 0 Å². The third-order valence-electron chi connectivity index (χ3n) is 3.28. The van der Waals surface area contributed by atoms with E-state index in [9.17, 15) is 27.3 Å². The maximum atomic E-state index is 12.6. The monoisotopic (exact) mass is 404 g/mol. The lowest BCUT2D eigenvalue weighted by Crippen LogP contribution is -2.15. The van der Waals surface area contributed by atoms with E-state index in [1.54, 1.807) is 0 Å². The van der Waals surface area contributed by atoms with Crippen molar-refractivity contribution in [1.29, 1.82) is 0 Å². The molecule has 146 valence electrons. The number of anilines is 1. The van der Waals surface area contributed by atoms with Gasteiger partial charge in [-0.25, -0.2) is 8.42 Å². The zero-order chi connectivity index (χ0) is 20.2. The number of hydrogen-bond acceptors (Lipinski definition) is 7. The van der Waals surface area contributed by atoms with Gasteiger partial charge in [-0.15, -0.1) is 0 Å². The van der Waals surface area contributed by atoms with Crippen molar-refractivity contribution >= 4 is 21.4 Å². The van der Waals surface area contributed by atoms with Crippen molar-refractivity contribution in [3.05, 3.63) is 46.5 Å². The molecule has 9 nitrogen and oxygen atoms in total. The summed E-state index contributed by atoms with van der Waals surface area (Å²) in [6.45, 7) is -3.15. The molecule has 2 aromatic carbocycles. The Morgan fingerprint density at radius 1 is 1.04 bits per heavy atom. The predicted molar refractivity (Wildman–Crippen MR) is 90.1 cm³/mol. The van der Waals surface area contributed by atoms with E-state index in [4.69, 9.17) is 9.47 Å². The topological polar surface area (TPSA) is 117 Å². The molecule has 0 spiro atoms. The van der Waals surface area contributed by atoms with Crippen LogP contribution in [0.1, 0.15) is 0 Å². The second-order valence-electron chi connectivity index (χ2n) is 4.94. The highest BCUT2D eigenvalue weighted by Crippen LogP contribution is 2.34. The van der Waals surface area contributed by atoms with Crippen LogP contribution < -0.4 is 18.9 Å². The largest absolute Gasteiger partial charge is 0.495 e. The van der Waals surface area contributed by atoms with E-state index < -0.39 is 37.9 Å². The van der Waals surface area contributed by atoms with Crippen LogP contribution in [0, 0.1) is 10.1 Å². The summed E-state index contributed by atoms with van der Waals surface area (Å²) >= 11 is 0. The SMILES string of the molecule is COc1ccc(NS(=O)(=O)c2cc([N+](=O)[O-])ccc2OC)cc1OC(F)F. The zero-order valence-corrected chi connectivity index (χ0v) is 14.8. The van der Waals surface area contributed by atoms with E-state index in [0.717, 1.165) is 24.3 Å². The Hall–Kier alpha value is -3.15. The van der Waals surface area contributed by atoms with E-state index in [1.807, 2.05) is 0 Å². The summed E-state index contributed by atoms with van der Waals surface area (Å²) in [5.74, 6) is -0.560. The van der Waals surface area contributed by atoms with Gasteiger partial charge in [0, 0.05) is 18.2 Å². The molecular weight excluding hydrogens is 390 g/mol. The summed E-state index contributed by atoms with van der Waals surface area (Å²) < 4.78 is 66.4. The van der Waals surface area contributed by atoms with Crippen LogP contribution in [0.15, 0.2) is 41.3 Å². The Bertz CT molecular complexity index is 951. The van der Waals surface area contributed by atoms with Gasteiger partial charge in [0.25, 0.3) is 15.7 Å². The number of non-ortho nitro benzene ring substituents is 1. The second-order valence-corrected chi connectivity index (χ2v) is 6.59. The highest BCUT2D eigenvalue weighted by Gasteiger charge is 2.24. The van der Waals surface area contributed by atoms with Gasteiger partial charge in [0.15, 0.2) is 11.5 Å². The third-order valence-corrected chi connectivity index (χ3v) is 4.68. The second kappa shape index (κ2) is 8.03. The molecular formula is C15H14F2N2O7S. The van der Waals surface area contributed by atoms with Crippen molar-refractivity contribution in [3.8, 4) is 17.2 Å². The number of benzene rings is 2. The van der Waals surface area contributed by atoms with Gasteiger partial charge in [-0.3, -0.25) is 14.8 Å². The van der Waals surface area contributed by atoms with E-state index in [1.165, 1.54) is 26.4 Å². The average molecular weight is 404 g/mol. The Morgan fingerprint density at radius 3 is 2.22 bits per heavy atom. The lowest BCUT2D eigenvalue weighted by Gasteiger charge is -2.14. The molecule has 0 aromatic heterocycles. The fourth-order valence-electron chi connectivity index (χ4n) is 2.13. The van der Waals surface area contributed by atoms with Crippen LogP contribution in [-0.4, -0.2) is 34.2 Å². The number of nitrogens with zero attached hydrogens (tertiary/aromatic N) is 1. The number of nitro groups is 1. The molecule has 27 heavy (non-hydrogen) atoms. The number of hydrogen-bond donors (Lipinski definition) is 1. The van der Waals surface area contributed by atoms with Gasteiger partial charge >= 0.3 is 6.61 Å². The molecule has 0 aliphatic carbocycles. The van der Waals surface area contributed by atoms with Crippen LogP contribution in [0.5, 0.6) is 17.2 Å². The number of nitro benzene ring substituents is 1. The molecule has 2 aromatic rings. The molecule has 12 heteroatoms. The van der Waals surface area contributed by atoms with Crippen molar-refractivity contribution in [2.24, 2.45) is 0 Å². The molecule has 0 fully saturated rings. The number of alkyl halides is 2. The minimum absolute atomic E-state index is 0.0359. The Balaban J connectivity index is 2.44. The summed E-state index contributed by atoms with van der Waals surface area (Å²) in [7, 11) is -1.92. The summed E-state index contributed by atoms with van der Waals surface area (Å²) in [6, 6.07) is 6.50. The van der Waals surface area contributed by atoms with Crippen LogP contribution in [0.25, 0.3) is 0 Å². The number of methoxy groups -OCH3 is 2. The van der Waals surface area contributed by atoms with Gasteiger partial charge in [-0.05, 0) is 18.2 Å². The molecule has 0 unspecified atom stereocenters. The first kappa shape index (κ1) is 20.2. The van der Waals surface area contributed by atoms with Crippen molar-refractivity contribution in [1.82, 2.24) is 0 Å². The zero-order valence-electron chi connectivity index (χ0n) is 14.0. The number of rotatable bonds is 8. The number of halogens is 2. The van der Waals surface area contributed by atoms with Crippen LogP contribution in [0.4, 0.5) is 20.2 Å². The first-order chi connectivity index (χ1) is 12.7. The van der Waals surface area contributed by atoms with Gasteiger partial charge in [0.1, 0.15) is 10.6 Å². The summed E-state index contributed by atoms with van der Waals surface area (Å²) in [5.41, 5.74) is -0.590. The van der Waals surface area contributed by atoms with Crippen molar-refractivity contribution in [3.63, 3.8) is 0 Å². The Morgan fingerprint density at radius 2 is 1.67 bits per heavy atom. The molecule has 0 aliphatic rings. The van der Waals surface area contributed by atoms with Gasteiger partial charge in [0.05, 0.1) is 24.8 Å². The maximum Gasteiger partial charge on any atom is 0.387 e. The lowest BCUT2D eigenvalue weighted by molar-refractivity contribution is -0.385. The number of nitrogens with one attached hydrogen (secondary N) is 1. The van der Waals surface area contributed by atoms with Crippen LogP contribution in [0.2, 0.25) is 0 Å². The Kier molecular flexibility index (Phi) is 6.00. The predicted octanol–water partition coefficient (Wildman–Crippen LogP) is 3.01. The summed E-state index contributed by atoms with van der Waals surface area (Å²) in [6.07, 6.45) is 0. The standard InChI is InChI=1S/C15H14F2N2O7S/c1-24-11-5-3-9(7-13(11)26-15(16)17)18-27(22,23)14-8-10(19(20)21)4-6-12(14)25-2/h3-8,15,18H,1-2H3. The minimum atomic E-state index is -4.34. The van der Waals surface area contributed by atoms with E-state index in [0.29, 0.717) is 0 Å². The molecule has 1 N–H and O–H groups in total. The van der Waals surface area contributed by atoms with E-state index in [-0.39, 0.29) is 17.2 Å². The molecule has 0 bridgehead atoms. The molecule has 0 aliphatic heterocycles. The fourth-order valence-corrected chi connectivity index (χ4v) is 3.37. The highest BCUT2D eigenvalue weighted by molar-refractivity contribution is 7.92. The van der Waals surface area contributed by atoms with Gasteiger partial charge in [-0.2, -0.15) is 8.78 Å². The maximum absolute atomic E-state index is 12.6. The quantitative estimate of drug-likeness (QED) is 0.531. The molecule has 0 radical (unpaired) electrons. The normalized spacial score (nSPS) is 11.1. The average Bonchev–Trinajstić information content (AvgIpc) is 2.60. The fraction of sp³-hybridized carbons (Fsp3) is 0.200. The van der Waals surface area contributed by atoms with Crippen molar-refractivity contribution < 1.29 is 36.3 Å². The number of ether oxygens (including phenoxy) is 3. The Labute approximate surface area is 152 Å². The molecule has 0 amide bonds. The first-order valence-electron chi connectivity index (χ1n) is 7.16. The van der Waals surface area contributed by atoms with Crippen LogP contribution in [-0.2, 0) is 10.0 Å². The number of sulfonamides is 1. The van der Waals surface area contributed by atoms with E-state index >= 15 is 0 Å². The molecule has 0 saturated carbocycles. The van der Waals surface area contributed by atoms with E-state index in [2.05, 4.69) is 9.46 Å². The first-order valence-corrected chi connectivity index (χ1v) is 8.64. The molecule has 0 saturated heterocycles. The van der Waals surface area contributed by atoms with Gasteiger partial charge in [0.2, 0.25) is 0 Å². The van der Waals surface area contributed by atoms with Crippen LogP contribution in [0.3, 0.4) is 0 Å². The highest BCUT2D eigenvalue weighted by atomic mass is 32.2. The van der Waals surface area contributed by atoms with Gasteiger partial charge < -0.3 is 14.2 Å². The smallest absolute Gasteiger partial charge is 0.387 e. The molecule has 2 rings (SSSR count). The summed E-state index contributed by atoms with van der Waals surface area (Å²) in [5, 5.41) is 10.9. The van der Waals surface area contributed by atoms with Crippen molar-refractivity contribution in [2.75, 3.05) is 18.9 Å². The molecule has 0 atom stereocenters. The minimum Gasteiger partial charge on any atom is -0.495 e.